The molecule has 0 bridgehead atoms. The molecule has 0 radical (unpaired) electrons. The maximum Gasteiger partial charge on any atom is 0.240 e. The van der Waals surface area contributed by atoms with Gasteiger partial charge in [-0.1, -0.05) is 42.5 Å². The van der Waals surface area contributed by atoms with E-state index < -0.39 is 25.7 Å². The normalized spacial score (nSPS) is 12.1. The highest BCUT2D eigenvalue weighted by Crippen LogP contribution is 2.25. The van der Waals surface area contributed by atoms with Gasteiger partial charge in [0.1, 0.15) is 5.82 Å². The van der Waals surface area contributed by atoms with Gasteiger partial charge in [0.25, 0.3) is 0 Å². The molecule has 0 saturated carbocycles. The Hall–Kier alpha value is -2.55. The average molecular weight is 434 g/mol. The summed E-state index contributed by atoms with van der Waals surface area (Å²) in [7, 11) is -7.83. The third kappa shape index (κ3) is 4.72. The van der Waals surface area contributed by atoms with E-state index >= 15 is 0 Å². The predicted molar refractivity (Wildman–Crippen MR) is 108 cm³/mol. The van der Waals surface area contributed by atoms with Gasteiger partial charge in [-0.25, -0.2) is 25.9 Å². The lowest BCUT2D eigenvalue weighted by atomic mass is 10.1. The summed E-state index contributed by atoms with van der Waals surface area (Å²) in [6, 6.07) is 17.9. The Balaban J connectivity index is 1.86. The molecular weight excluding hydrogens is 413 g/mol. The van der Waals surface area contributed by atoms with Crippen LogP contribution in [-0.2, 0) is 26.3 Å². The van der Waals surface area contributed by atoms with Gasteiger partial charge in [0.15, 0.2) is 0 Å². The number of sulfone groups is 1. The number of halogens is 1. The highest BCUT2D eigenvalue weighted by Gasteiger charge is 2.23. The summed E-state index contributed by atoms with van der Waals surface area (Å²) >= 11 is 0. The summed E-state index contributed by atoms with van der Waals surface area (Å²) < 4.78 is 67.2. The standard InChI is InChI=1S/C21H20FNO4S2/c1-16-11-12-19(28(24,25)18-8-3-2-4-9-18)15-21(16)29(26,27)23-14-13-17-7-5-6-10-20(17)22/h2-12,15,23H,13-14H2,1H3. The molecule has 8 heteroatoms. The van der Waals surface area contributed by atoms with E-state index in [0.29, 0.717) is 11.1 Å². The number of aryl methyl sites for hydroxylation is 1. The lowest BCUT2D eigenvalue weighted by Crippen LogP contribution is -2.27. The molecule has 0 aliphatic carbocycles. The number of hydrogen-bond acceptors (Lipinski definition) is 4. The first-order valence-corrected chi connectivity index (χ1v) is 11.8. The van der Waals surface area contributed by atoms with Gasteiger partial charge in [-0.05, 0) is 54.8 Å². The zero-order valence-corrected chi connectivity index (χ0v) is 17.3. The molecular formula is C21H20FNO4S2. The van der Waals surface area contributed by atoms with Gasteiger partial charge in [-0.3, -0.25) is 0 Å². The van der Waals surface area contributed by atoms with Crippen molar-refractivity contribution in [2.75, 3.05) is 6.54 Å². The summed E-state index contributed by atoms with van der Waals surface area (Å²) in [4.78, 5) is -0.147. The van der Waals surface area contributed by atoms with Crippen molar-refractivity contribution in [1.29, 1.82) is 0 Å². The molecule has 0 fully saturated rings. The van der Waals surface area contributed by atoms with E-state index in [1.807, 2.05) is 0 Å². The average Bonchev–Trinajstić information content (AvgIpc) is 2.70. The van der Waals surface area contributed by atoms with E-state index in [1.165, 1.54) is 30.3 Å². The van der Waals surface area contributed by atoms with Crippen LogP contribution in [0.25, 0.3) is 0 Å². The summed E-state index contributed by atoms with van der Waals surface area (Å²) in [6.45, 7) is 1.57. The number of rotatable bonds is 7. The molecule has 3 rings (SSSR count). The minimum absolute atomic E-state index is 0.0155. The van der Waals surface area contributed by atoms with Crippen LogP contribution in [0.2, 0.25) is 0 Å². The summed E-state index contributed by atoms with van der Waals surface area (Å²) in [6.07, 6.45) is 0.174. The Bertz CT molecular complexity index is 1220. The molecule has 1 N–H and O–H groups in total. The summed E-state index contributed by atoms with van der Waals surface area (Å²) in [5, 5.41) is 0. The maximum atomic E-state index is 13.7. The smallest absolute Gasteiger partial charge is 0.219 e. The van der Waals surface area contributed by atoms with Crippen LogP contribution >= 0.6 is 0 Å². The first-order chi connectivity index (χ1) is 13.7. The Morgan fingerprint density at radius 3 is 2.17 bits per heavy atom. The number of sulfonamides is 1. The van der Waals surface area contributed by atoms with Gasteiger partial charge in [-0.2, -0.15) is 0 Å². The van der Waals surface area contributed by atoms with Crippen molar-refractivity contribution >= 4 is 19.9 Å². The maximum absolute atomic E-state index is 13.7. The molecule has 0 saturated heterocycles. The SMILES string of the molecule is Cc1ccc(S(=O)(=O)c2ccccc2)cc1S(=O)(=O)NCCc1ccccc1F. The zero-order valence-electron chi connectivity index (χ0n) is 15.7. The lowest BCUT2D eigenvalue weighted by Gasteiger charge is -2.12. The molecule has 3 aromatic carbocycles. The van der Waals surface area contributed by atoms with Gasteiger partial charge in [-0.15, -0.1) is 0 Å². The van der Waals surface area contributed by atoms with Crippen LogP contribution in [-0.4, -0.2) is 23.4 Å². The fraction of sp³-hybridized carbons (Fsp3) is 0.143. The Morgan fingerprint density at radius 2 is 1.48 bits per heavy atom. The largest absolute Gasteiger partial charge is 0.240 e. The van der Waals surface area contributed by atoms with Crippen molar-refractivity contribution in [1.82, 2.24) is 4.72 Å². The second kappa shape index (κ2) is 8.44. The van der Waals surface area contributed by atoms with Crippen molar-refractivity contribution in [3.05, 3.63) is 89.7 Å². The predicted octanol–water partition coefficient (Wildman–Crippen LogP) is 3.49. The first-order valence-electron chi connectivity index (χ1n) is 8.86. The van der Waals surface area contributed by atoms with Crippen molar-refractivity contribution < 1.29 is 21.2 Å². The van der Waals surface area contributed by atoms with Crippen LogP contribution in [0.5, 0.6) is 0 Å². The summed E-state index contributed by atoms with van der Waals surface area (Å²) in [5.74, 6) is -0.404. The fourth-order valence-corrected chi connectivity index (χ4v) is 5.55. The van der Waals surface area contributed by atoms with E-state index in [0.717, 1.165) is 6.07 Å². The lowest BCUT2D eigenvalue weighted by molar-refractivity contribution is 0.576. The third-order valence-electron chi connectivity index (χ3n) is 4.46. The molecule has 3 aromatic rings. The minimum Gasteiger partial charge on any atom is -0.219 e. The molecule has 0 amide bonds. The van der Waals surface area contributed by atoms with E-state index in [1.54, 1.807) is 43.3 Å². The van der Waals surface area contributed by atoms with Crippen LogP contribution < -0.4 is 4.72 Å². The highest BCUT2D eigenvalue weighted by molar-refractivity contribution is 7.91. The Kier molecular flexibility index (Phi) is 6.16. The molecule has 0 unspecified atom stereocenters. The number of nitrogens with one attached hydrogen (secondary N) is 1. The third-order valence-corrected chi connectivity index (χ3v) is 7.83. The van der Waals surface area contributed by atoms with Gasteiger partial charge in [0.05, 0.1) is 14.7 Å². The van der Waals surface area contributed by atoms with Gasteiger partial charge < -0.3 is 0 Å². The molecule has 152 valence electrons. The zero-order chi connectivity index (χ0) is 21.1. The molecule has 0 aliphatic heterocycles. The molecule has 0 heterocycles. The molecule has 0 aliphatic rings. The molecule has 0 atom stereocenters. The fourth-order valence-electron chi connectivity index (χ4n) is 2.87. The highest BCUT2D eigenvalue weighted by atomic mass is 32.2. The monoisotopic (exact) mass is 433 g/mol. The second-order valence-corrected chi connectivity index (χ2v) is 10.2. The first kappa shape index (κ1) is 21.2. The minimum atomic E-state index is -3.98. The van der Waals surface area contributed by atoms with Crippen LogP contribution in [0.15, 0.2) is 87.5 Å². The van der Waals surface area contributed by atoms with E-state index in [2.05, 4.69) is 4.72 Å². The van der Waals surface area contributed by atoms with Crippen molar-refractivity contribution in [3.63, 3.8) is 0 Å². The Morgan fingerprint density at radius 1 is 0.828 bits per heavy atom. The molecule has 0 aromatic heterocycles. The Labute approximate surface area is 170 Å². The van der Waals surface area contributed by atoms with Gasteiger partial charge in [0.2, 0.25) is 19.9 Å². The van der Waals surface area contributed by atoms with Crippen molar-refractivity contribution in [2.24, 2.45) is 0 Å². The van der Waals surface area contributed by atoms with Gasteiger partial charge >= 0.3 is 0 Å². The summed E-state index contributed by atoms with van der Waals surface area (Å²) in [5.41, 5.74) is 0.808. The van der Waals surface area contributed by atoms with Gasteiger partial charge in [0, 0.05) is 6.54 Å². The van der Waals surface area contributed by atoms with Crippen LogP contribution in [0.3, 0.4) is 0 Å². The topological polar surface area (TPSA) is 80.3 Å². The second-order valence-electron chi connectivity index (χ2n) is 6.48. The van der Waals surface area contributed by atoms with E-state index in [-0.39, 0.29) is 27.7 Å². The van der Waals surface area contributed by atoms with Crippen LogP contribution in [0.1, 0.15) is 11.1 Å². The number of benzene rings is 3. The quantitative estimate of drug-likeness (QED) is 0.619. The van der Waals surface area contributed by atoms with Crippen LogP contribution in [0, 0.1) is 12.7 Å². The van der Waals surface area contributed by atoms with E-state index in [4.69, 9.17) is 0 Å². The van der Waals surface area contributed by atoms with Crippen LogP contribution in [0.4, 0.5) is 4.39 Å². The molecule has 0 spiro atoms. The van der Waals surface area contributed by atoms with E-state index in [9.17, 15) is 21.2 Å². The molecule has 29 heavy (non-hydrogen) atoms. The van der Waals surface area contributed by atoms with Crippen molar-refractivity contribution in [2.45, 2.75) is 28.0 Å². The molecule has 5 nitrogen and oxygen atoms in total. The number of hydrogen-bond donors (Lipinski definition) is 1. The van der Waals surface area contributed by atoms with Crippen molar-refractivity contribution in [3.8, 4) is 0 Å².